The van der Waals surface area contributed by atoms with E-state index in [9.17, 15) is 9.59 Å². The van der Waals surface area contributed by atoms with Crippen molar-refractivity contribution in [1.82, 2.24) is 9.80 Å². The number of carbonyl (C=O) groups excluding carboxylic acids is 2. The summed E-state index contributed by atoms with van der Waals surface area (Å²) in [6.07, 6.45) is 7.03. The fourth-order valence-corrected chi connectivity index (χ4v) is 6.51. The predicted molar refractivity (Wildman–Crippen MR) is 182 cm³/mol. The van der Waals surface area contributed by atoms with Gasteiger partial charge in [-0.2, -0.15) is 0 Å². The molecule has 0 atom stereocenters. The van der Waals surface area contributed by atoms with Crippen LogP contribution >= 0.6 is 36.4 Å². The maximum Gasteiger partial charge on any atom is 0.221 e. The summed E-state index contributed by atoms with van der Waals surface area (Å²) in [4.78, 5) is 29.7. The van der Waals surface area contributed by atoms with Crippen LogP contribution in [0.4, 0.5) is 5.69 Å². The average molecular weight is 645 g/mol. The second-order valence-corrected chi connectivity index (χ2v) is 12.1. The number of anilines is 1. The Hall–Kier alpha value is -2.41. The third-order valence-corrected chi connectivity index (χ3v) is 9.09. The largest absolute Gasteiger partial charge is 0.326 e. The van der Waals surface area contributed by atoms with E-state index in [2.05, 4.69) is 45.4 Å². The van der Waals surface area contributed by atoms with Crippen LogP contribution in [-0.4, -0.2) is 47.7 Å². The molecule has 1 N–H and O–H groups in total. The van der Waals surface area contributed by atoms with Gasteiger partial charge in [0.15, 0.2) is 5.78 Å². The van der Waals surface area contributed by atoms with Crippen LogP contribution in [0.1, 0.15) is 71.6 Å². The smallest absolute Gasteiger partial charge is 0.221 e. The first-order chi connectivity index (χ1) is 19.9. The zero-order valence-corrected chi connectivity index (χ0v) is 27.4. The van der Waals surface area contributed by atoms with Crippen molar-refractivity contribution in [2.45, 2.75) is 65.0 Å². The Morgan fingerprint density at radius 1 is 0.814 bits per heavy atom. The normalized spacial score (nSPS) is 15.9. The molecule has 5 rings (SSSR count). The fraction of sp³-hybridized carbons (Fsp3) is 0.429. The molecule has 0 aliphatic carbocycles. The zero-order valence-electron chi connectivity index (χ0n) is 25.0. The lowest BCUT2D eigenvalue weighted by molar-refractivity contribution is -0.114. The van der Waals surface area contributed by atoms with Gasteiger partial charge in [-0.25, -0.2) is 0 Å². The van der Waals surface area contributed by atoms with E-state index < -0.39 is 0 Å². The van der Waals surface area contributed by atoms with E-state index in [1.807, 2.05) is 36.4 Å². The Bertz CT molecular complexity index is 1360. The monoisotopic (exact) mass is 643 g/mol. The molecular formula is C35H44Cl3N3O2. The molecule has 0 bridgehead atoms. The second kappa shape index (κ2) is 17.2. The summed E-state index contributed by atoms with van der Waals surface area (Å²) >= 11 is 6.35. The van der Waals surface area contributed by atoms with E-state index >= 15 is 0 Å². The number of hydrogen-bond donors (Lipinski definition) is 1. The number of nitrogens with one attached hydrogen (secondary N) is 1. The molecule has 232 valence electrons. The highest BCUT2D eigenvalue weighted by molar-refractivity contribution is 6.31. The van der Waals surface area contributed by atoms with E-state index in [1.54, 1.807) is 6.92 Å². The molecule has 1 amide bonds. The second-order valence-electron chi connectivity index (χ2n) is 11.7. The highest BCUT2D eigenvalue weighted by Gasteiger charge is 2.21. The Kier molecular flexibility index (Phi) is 14.0. The lowest BCUT2D eigenvalue weighted by Gasteiger charge is -2.32. The third kappa shape index (κ3) is 10.1. The van der Waals surface area contributed by atoms with Crippen LogP contribution in [0, 0.1) is 5.92 Å². The molecule has 2 aliphatic heterocycles. The third-order valence-electron chi connectivity index (χ3n) is 8.72. The molecule has 3 aromatic rings. The predicted octanol–water partition coefficient (Wildman–Crippen LogP) is 8.01. The molecule has 2 aliphatic rings. The van der Waals surface area contributed by atoms with Crippen molar-refractivity contribution in [3.05, 3.63) is 99.6 Å². The number of piperidine rings is 1. The first-order valence-corrected chi connectivity index (χ1v) is 15.5. The van der Waals surface area contributed by atoms with E-state index in [1.165, 1.54) is 29.5 Å². The molecule has 1 fully saturated rings. The molecule has 8 heteroatoms. The minimum absolute atomic E-state index is 0. The number of amides is 1. The van der Waals surface area contributed by atoms with Gasteiger partial charge in [0, 0.05) is 55.8 Å². The molecule has 0 unspecified atom stereocenters. The number of likely N-dealkylation sites (tertiary alicyclic amines) is 1. The van der Waals surface area contributed by atoms with Crippen LogP contribution in [0.5, 0.6) is 0 Å². The van der Waals surface area contributed by atoms with Crippen LogP contribution in [0.25, 0.3) is 0 Å². The molecule has 43 heavy (non-hydrogen) atoms. The van der Waals surface area contributed by atoms with Crippen molar-refractivity contribution < 1.29 is 9.59 Å². The minimum Gasteiger partial charge on any atom is -0.326 e. The van der Waals surface area contributed by atoms with Crippen molar-refractivity contribution in [2.75, 3.05) is 31.5 Å². The average Bonchev–Trinajstić information content (AvgIpc) is 3.17. The standard InChI is InChI=1S/C35H42ClN3O2.2ClH/c1-26(40)37-34-11-5-3-9-32(34)25-39-21-17-28-13-14-30(23-29(28)18-22-39)35(41)12-6-7-27-15-19-38(20-16-27)24-31-8-2-4-10-33(31)36;;/h2-5,8-11,13-14,23,27H,6-7,12,15-22,24-25H2,1H3,(H,37,40);2*1H. The van der Waals surface area contributed by atoms with Gasteiger partial charge in [-0.05, 0) is 98.0 Å². The maximum absolute atomic E-state index is 13.1. The highest BCUT2D eigenvalue weighted by Crippen LogP contribution is 2.27. The number of Topliss-reactive ketones (excluding diaryl/α,β-unsaturated/α-hetero) is 1. The lowest BCUT2D eigenvalue weighted by Crippen LogP contribution is -2.33. The molecule has 1 saturated heterocycles. The van der Waals surface area contributed by atoms with Gasteiger partial charge >= 0.3 is 0 Å². The molecule has 2 heterocycles. The minimum atomic E-state index is -0.0482. The van der Waals surface area contributed by atoms with Crippen molar-refractivity contribution in [2.24, 2.45) is 5.92 Å². The summed E-state index contributed by atoms with van der Waals surface area (Å²) in [6, 6.07) is 22.5. The summed E-state index contributed by atoms with van der Waals surface area (Å²) in [7, 11) is 0. The Labute approximate surface area is 274 Å². The zero-order chi connectivity index (χ0) is 28.6. The molecule has 3 aromatic carbocycles. The number of benzene rings is 3. The van der Waals surface area contributed by atoms with Crippen molar-refractivity contribution in [3.8, 4) is 0 Å². The Morgan fingerprint density at radius 3 is 2.16 bits per heavy atom. The number of hydrogen-bond acceptors (Lipinski definition) is 4. The van der Waals surface area contributed by atoms with Gasteiger partial charge in [0.25, 0.3) is 0 Å². The molecule has 0 saturated carbocycles. The van der Waals surface area contributed by atoms with Crippen LogP contribution in [0.2, 0.25) is 5.02 Å². The summed E-state index contributed by atoms with van der Waals surface area (Å²) in [5.74, 6) is 0.932. The molecule has 5 nitrogen and oxygen atoms in total. The van der Waals surface area contributed by atoms with Gasteiger partial charge in [0.05, 0.1) is 0 Å². The van der Waals surface area contributed by atoms with Crippen LogP contribution in [-0.2, 0) is 30.7 Å². The molecular weight excluding hydrogens is 601 g/mol. The number of nitrogens with zero attached hydrogens (tertiary/aromatic N) is 2. The van der Waals surface area contributed by atoms with E-state index in [4.69, 9.17) is 11.6 Å². The quantitative estimate of drug-likeness (QED) is 0.227. The summed E-state index contributed by atoms with van der Waals surface area (Å²) in [6.45, 7) is 7.38. The van der Waals surface area contributed by atoms with Crippen molar-refractivity contribution >= 4 is 53.8 Å². The SMILES string of the molecule is CC(=O)Nc1ccccc1CN1CCc2ccc(C(=O)CCCC3CCN(Cc4ccccc4Cl)CC3)cc2CC1.Cl.Cl. The highest BCUT2D eigenvalue weighted by atomic mass is 35.5. The number of para-hydroxylation sites is 1. The molecule has 0 spiro atoms. The van der Waals surface area contributed by atoms with Crippen molar-refractivity contribution in [1.29, 1.82) is 0 Å². The van der Waals surface area contributed by atoms with Crippen LogP contribution < -0.4 is 5.32 Å². The van der Waals surface area contributed by atoms with Crippen LogP contribution in [0.3, 0.4) is 0 Å². The van der Waals surface area contributed by atoms with Crippen LogP contribution in [0.15, 0.2) is 66.7 Å². The molecule has 0 aromatic heterocycles. The number of halogens is 3. The van der Waals surface area contributed by atoms with Gasteiger partial charge in [-0.3, -0.25) is 19.4 Å². The lowest BCUT2D eigenvalue weighted by atomic mass is 9.90. The van der Waals surface area contributed by atoms with E-state index in [0.29, 0.717) is 12.3 Å². The van der Waals surface area contributed by atoms with Gasteiger partial charge in [0.2, 0.25) is 5.91 Å². The number of ketones is 1. The summed E-state index contributed by atoms with van der Waals surface area (Å²) < 4.78 is 0. The van der Waals surface area contributed by atoms with Gasteiger partial charge in [-0.1, -0.05) is 60.1 Å². The number of fused-ring (bicyclic) bond motifs is 1. The van der Waals surface area contributed by atoms with Gasteiger partial charge < -0.3 is 5.32 Å². The Balaban J connectivity index is 0.00000253. The fourth-order valence-electron chi connectivity index (χ4n) is 6.31. The maximum atomic E-state index is 13.1. The molecule has 0 radical (unpaired) electrons. The summed E-state index contributed by atoms with van der Waals surface area (Å²) in [5, 5.41) is 3.81. The van der Waals surface area contributed by atoms with Gasteiger partial charge in [0.1, 0.15) is 0 Å². The van der Waals surface area contributed by atoms with Crippen molar-refractivity contribution in [3.63, 3.8) is 0 Å². The Morgan fingerprint density at radius 2 is 1.44 bits per heavy atom. The number of carbonyl (C=O) groups is 2. The number of rotatable bonds is 10. The van der Waals surface area contributed by atoms with E-state index in [-0.39, 0.29) is 36.5 Å². The first-order valence-electron chi connectivity index (χ1n) is 15.1. The van der Waals surface area contributed by atoms with E-state index in [0.717, 1.165) is 86.8 Å². The topological polar surface area (TPSA) is 52.7 Å². The van der Waals surface area contributed by atoms with Gasteiger partial charge in [-0.15, -0.1) is 24.8 Å². The summed E-state index contributed by atoms with van der Waals surface area (Å²) in [5.41, 5.74) is 6.75. The first kappa shape index (κ1) is 35.1.